The van der Waals surface area contributed by atoms with Crippen LogP contribution in [0.4, 0.5) is 10.5 Å². The van der Waals surface area contributed by atoms with Gasteiger partial charge in [-0.25, -0.2) is 4.79 Å². The molecular formula is C10H9Cl2NO2S4. The van der Waals surface area contributed by atoms with Gasteiger partial charge in [-0.2, -0.15) is 0 Å². The number of benzene rings is 1. The zero-order valence-electron chi connectivity index (χ0n) is 9.43. The fraction of sp³-hybridized carbons (Fsp3) is 0.100. The summed E-state index contributed by atoms with van der Waals surface area (Å²) in [5.41, 5.74) is 0.631. The van der Waals surface area contributed by atoms with Crippen LogP contribution in [-0.2, 0) is 4.74 Å². The third kappa shape index (κ3) is 6.46. The molecular weight excluding hydrogens is 365 g/mol. The number of carbonyl (C=O) groups is 1. The average molecular weight is 374 g/mol. The first-order chi connectivity index (χ1) is 9.21. The van der Waals surface area contributed by atoms with Crippen LogP contribution >= 0.6 is 63.0 Å². The molecule has 1 rings (SSSR count). The zero-order chi connectivity index (χ0) is 14.1. The van der Waals surface area contributed by atoms with Crippen LogP contribution in [0, 0.1) is 0 Å². The van der Waals surface area contributed by atoms with E-state index in [9.17, 15) is 4.79 Å². The Hall–Kier alpha value is 0.210. The number of hydrogen-bond donors (Lipinski definition) is 1. The van der Waals surface area contributed by atoms with Crippen molar-refractivity contribution in [2.45, 2.75) is 9.79 Å². The van der Waals surface area contributed by atoms with E-state index in [1.165, 1.54) is 27.7 Å². The van der Waals surface area contributed by atoms with Gasteiger partial charge in [0.2, 0.25) is 0 Å². The van der Waals surface area contributed by atoms with Gasteiger partial charge in [0.15, 0.2) is 0 Å². The highest BCUT2D eigenvalue weighted by molar-refractivity contribution is 8.86. The van der Waals surface area contributed by atoms with Gasteiger partial charge in [-0.15, -0.1) is 0 Å². The second-order valence-electron chi connectivity index (χ2n) is 2.97. The largest absolute Gasteiger partial charge is 0.445 e. The second kappa shape index (κ2) is 10.0. The van der Waals surface area contributed by atoms with Crippen molar-refractivity contribution in [3.8, 4) is 0 Å². The Labute approximate surface area is 136 Å². The first kappa shape index (κ1) is 17.3. The highest BCUT2D eigenvalue weighted by Gasteiger charge is 2.08. The van der Waals surface area contributed by atoms with Crippen molar-refractivity contribution < 1.29 is 9.53 Å². The van der Waals surface area contributed by atoms with Gasteiger partial charge in [-0.05, 0) is 61.2 Å². The molecule has 0 bridgehead atoms. The van der Waals surface area contributed by atoms with Gasteiger partial charge in [-0.1, -0.05) is 12.7 Å². The van der Waals surface area contributed by atoms with Crippen molar-refractivity contribution in [3.05, 3.63) is 30.9 Å². The summed E-state index contributed by atoms with van der Waals surface area (Å²) in [6.45, 7) is 3.64. The Morgan fingerprint density at radius 3 is 2.63 bits per heavy atom. The Balaban J connectivity index is 2.76. The Morgan fingerprint density at radius 2 is 2.00 bits per heavy atom. The van der Waals surface area contributed by atoms with Crippen LogP contribution in [0.3, 0.4) is 0 Å². The van der Waals surface area contributed by atoms with Gasteiger partial charge in [0.25, 0.3) is 0 Å². The quantitative estimate of drug-likeness (QED) is 0.452. The maximum Gasteiger partial charge on any atom is 0.411 e. The number of nitrogens with one attached hydrogen (secondary N) is 1. The Kier molecular flexibility index (Phi) is 9.10. The summed E-state index contributed by atoms with van der Waals surface area (Å²) >= 11 is 0. The van der Waals surface area contributed by atoms with E-state index in [2.05, 4.69) is 11.9 Å². The molecule has 19 heavy (non-hydrogen) atoms. The number of rotatable bonds is 7. The summed E-state index contributed by atoms with van der Waals surface area (Å²) in [6.07, 6.45) is 0.976. The van der Waals surface area contributed by atoms with Crippen LogP contribution in [0.5, 0.6) is 0 Å². The first-order valence-electron chi connectivity index (χ1n) is 4.80. The van der Waals surface area contributed by atoms with Crippen molar-refractivity contribution in [2.24, 2.45) is 0 Å². The van der Waals surface area contributed by atoms with Crippen molar-refractivity contribution >= 4 is 74.7 Å². The monoisotopic (exact) mass is 373 g/mol. The highest BCUT2D eigenvalue weighted by atomic mass is 35.7. The first-order valence-corrected chi connectivity index (χ1v) is 10.8. The molecule has 0 aliphatic carbocycles. The van der Waals surface area contributed by atoms with E-state index >= 15 is 0 Å². The number of hydrogen-bond acceptors (Lipinski definition) is 6. The average Bonchev–Trinajstić information content (AvgIpc) is 2.40. The van der Waals surface area contributed by atoms with Crippen LogP contribution < -0.4 is 5.32 Å². The third-order valence-corrected chi connectivity index (χ3v) is 5.66. The normalized spacial score (nSPS) is 10.0. The van der Waals surface area contributed by atoms with E-state index in [0.717, 1.165) is 29.8 Å². The lowest BCUT2D eigenvalue weighted by Crippen LogP contribution is -2.13. The highest BCUT2D eigenvalue weighted by Crippen LogP contribution is 2.45. The molecule has 104 valence electrons. The predicted molar refractivity (Wildman–Crippen MR) is 90.2 cm³/mol. The minimum atomic E-state index is -0.526. The summed E-state index contributed by atoms with van der Waals surface area (Å²) in [6, 6.07) is 5.44. The lowest BCUT2D eigenvalue weighted by atomic mass is 10.3. The van der Waals surface area contributed by atoms with Gasteiger partial charge >= 0.3 is 6.09 Å². The number of anilines is 1. The van der Waals surface area contributed by atoms with Gasteiger partial charge in [0, 0.05) is 35.5 Å². The SMILES string of the molecule is C=CCOC(=O)Nc1ccc(SSCl)c(SSCl)c1. The molecule has 1 aromatic rings. The molecule has 1 amide bonds. The molecule has 0 atom stereocenters. The van der Waals surface area contributed by atoms with Gasteiger partial charge in [0.1, 0.15) is 6.61 Å². The van der Waals surface area contributed by atoms with E-state index in [1.54, 1.807) is 6.07 Å². The molecule has 0 saturated carbocycles. The summed E-state index contributed by atoms with van der Waals surface area (Å²) in [5.74, 6) is 0. The Morgan fingerprint density at radius 1 is 1.32 bits per heavy atom. The predicted octanol–water partition coefficient (Wildman–Crippen LogP) is 6.21. The fourth-order valence-electron chi connectivity index (χ4n) is 1.08. The number of carbonyl (C=O) groups excluding carboxylic acids is 1. The fourth-order valence-corrected chi connectivity index (χ4v) is 4.85. The molecule has 3 nitrogen and oxygen atoms in total. The molecule has 0 heterocycles. The van der Waals surface area contributed by atoms with E-state index in [0.29, 0.717) is 5.69 Å². The topological polar surface area (TPSA) is 38.3 Å². The second-order valence-corrected chi connectivity index (χ2v) is 8.45. The lowest BCUT2D eigenvalue weighted by Gasteiger charge is -2.09. The van der Waals surface area contributed by atoms with Gasteiger partial charge in [0.05, 0.1) is 0 Å². The van der Waals surface area contributed by atoms with Crippen molar-refractivity contribution in [1.29, 1.82) is 0 Å². The summed E-state index contributed by atoms with van der Waals surface area (Å²) in [7, 11) is 16.3. The number of halogens is 2. The molecule has 0 radical (unpaired) electrons. The standard InChI is InChI=1S/C10H9Cl2NO2S4/c1-2-5-15-10(14)13-7-3-4-8(16-18-11)9(6-7)17-19-12/h2-4,6H,1,5H2,(H,13,14). The van der Waals surface area contributed by atoms with E-state index in [4.69, 9.17) is 26.1 Å². The smallest absolute Gasteiger partial charge is 0.411 e. The van der Waals surface area contributed by atoms with Gasteiger partial charge in [-0.3, -0.25) is 5.32 Å². The molecule has 0 spiro atoms. The zero-order valence-corrected chi connectivity index (χ0v) is 14.2. The van der Waals surface area contributed by atoms with Crippen LogP contribution in [0.1, 0.15) is 0 Å². The lowest BCUT2D eigenvalue weighted by molar-refractivity contribution is 0.174. The number of amides is 1. The minimum absolute atomic E-state index is 0.168. The van der Waals surface area contributed by atoms with Gasteiger partial charge < -0.3 is 4.74 Å². The van der Waals surface area contributed by atoms with Crippen LogP contribution in [0.25, 0.3) is 0 Å². The molecule has 0 aliphatic heterocycles. The molecule has 1 aromatic carbocycles. The molecule has 0 unspecified atom stereocenters. The summed E-state index contributed by atoms with van der Waals surface area (Å²) in [4.78, 5) is 13.3. The van der Waals surface area contributed by atoms with Crippen LogP contribution in [0.15, 0.2) is 40.6 Å². The van der Waals surface area contributed by atoms with E-state index < -0.39 is 6.09 Å². The van der Waals surface area contributed by atoms with Crippen molar-refractivity contribution in [3.63, 3.8) is 0 Å². The Bertz CT molecular complexity index is 448. The minimum Gasteiger partial charge on any atom is -0.445 e. The molecule has 0 saturated heterocycles. The third-order valence-electron chi connectivity index (χ3n) is 1.76. The molecule has 0 aliphatic rings. The summed E-state index contributed by atoms with van der Waals surface area (Å²) in [5, 5.41) is 2.62. The molecule has 9 heteroatoms. The molecule has 1 N–H and O–H groups in total. The van der Waals surface area contributed by atoms with Crippen LogP contribution in [-0.4, -0.2) is 12.7 Å². The van der Waals surface area contributed by atoms with Crippen LogP contribution in [0.2, 0.25) is 0 Å². The molecule has 0 fully saturated rings. The maximum absolute atomic E-state index is 11.4. The van der Waals surface area contributed by atoms with Crippen molar-refractivity contribution in [2.75, 3.05) is 11.9 Å². The number of ether oxygens (including phenoxy) is 1. The maximum atomic E-state index is 11.4. The van der Waals surface area contributed by atoms with E-state index in [1.807, 2.05) is 12.1 Å². The van der Waals surface area contributed by atoms with Crippen molar-refractivity contribution in [1.82, 2.24) is 0 Å². The molecule has 0 aromatic heterocycles. The summed E-state index contributed by atoms with van der Waals surface area (Å²) < 4.78 is 4.84. The van der Waals surface area contributed by atoms with E-state index in [-0.39, 0.29) is 6.61 Å².